The summed E-state index contributed by atoms with van der Waals surface area (Å²) >= 11 is 0. The molecule has 5 heteroatoms. The number of aromatic nitrogens is 4. The summed E-state index contributed by atoms with van der Waals surface area (Å²) in [5, 5.41) is 2.30. The minimum atomic E-state index is -0.0249. The van der Waals surface area contributed by atoms with Crippen LogP contribution in [0.25, 0.3) is 94.5 Å². The quantitative estimate of drug-likeness (QED) is 0.128. The highest BCUT2D eigenvalue weighted by Gasteiger charge is 2.26. The van der Waals surface area contributed by atoms with Gasteiger partial charge in [0.2, 0.25) is 0 Å². The van der Waals surface area contributed by atoms with E-state index >= 15 is 0 Å². The zero-order valence-electron chi connectivity index (χ0n) is 38.7. The van der Waals surface area contributed by atoms with Gasteiger partial charge in [0.1, 0.15) is 17.3 Å². The monoisotopic (exact) mass is 866 g/mol. The zero-order valence-corrected chi connectivity index (χ0v) is 38.7. The van der Waals surface area contributed by atoms with Crippen LogP contribution in [0, 0.1) is 6.33 Å². The highest BCUT2D eigenvalue weighted by atomic mass is 16.5. The maximum Gasteiger partial charge on any atom is 0.269 e. The highest BCUT2D eigenvalue weighted by Crippen LogP contribution is 2.44. The Kier molecular flexibility index (Phi) is 9.24. The molecule has 0 unspecified atom stereocenters. The van der Waals surface area contributed by atoms with Gasteiger partial charge < -0.3 is 4.74 Å². The van der Waals surface area contributed by atoms with Gasteiger partial charge >= 0.3 is 0 Å². The molecule has 324 valence electrons. The molecule has 12 rings (SSSR count). The second-order valence-electron chi connectivity index (χ2n) is 19.9. The molecule has 0 saturated carbocycles. The third-order valence-electron chi connectivity index (χ3n) is 13.5. The molecule has 0 fully saturated rings. The molecule has 11 aromatic rings. The van der Waals surface area contributed by atoms with E-state index in [2.05, 4.69) is 237 Å². The lowest BCUT2D eigenvalue weighted by atomic mass is 9.79. The summed E-state index contributed by atoms with van der Waals surface area (Å²) in [4.78, 5) is 5.15. The first-order chi connectivity index (χ1) is 32.5. The molecule has 1 aliphatic heterocycles. The molecule has 0 radical (unpaired) electrons. The number of rotatable bonds is 5. The topological polar surface area (TPSA) is 35.9 Å². The van der Waals surface area contributed by atoms with E-state index in [1.54, 1.807) is 0 Å². The standard InChI is InChI=1S/C62H50N4O/c1-61(2,3)41-34-40(35-42(36-41)62(4,5)6)46-27-17-33-63-60(46)66-56-29-14-12-25-52(56)53-32-31-45(38-58(53)66)67-44-19-15-18-43(37-44)64-39-65-55-28-13-11-24-51(55)49-22-9-7-20-47(49)48-21-8-10-23-50(48)54-26-16-30-57(64)59(54)65/h7-38H,1-6H3. The van der Waals surface area contributed by atoms with E-state index in [1.807, 2.05) is 18.3 Å². The van der Waals surface area contributed by atoms with Gasteiger partial charge in [0, 0.05) is 28.6 Å². The maximum absolute atomic E-state index is 6.87. The predicted molar refractivity (Wildman–Crippen MR) is 275 cm³/mol. The Bertz CT molecular complexity index is 3730. The Morgan fingerprint density at radius 3 is 1.76 bits per heavy atom. The molecule has 3 aromatic heterocycles. The van der Waals surface area contributed by atoms with Crippen molar-refractivity contribution in [2.75, 3.05) is 0 Å². The first kappa shape index (κ1) is 40.5. The maximum atomic E-state index is 6.87. The van der Waals surface area contributed by atoms with Gasteiger partial charge in [-0.25, -0.2) is 4.98 Å². The number of para-hydroxylation sites is 3. The number of hydrogen-bond acceptors (Lipinski definition) is 2. The average Bonchev–Trinajstić information content (AvgIpc) is 3.90. The number of hydrogen-bond donors (Lipinski definition) is 0. The minimum absolute atomic E-state index is 0.0249. The predicted octanol–water partition coefficient (Wildman–Crippen LogP) is 15.6. The van der Waals surface area contributed by atoms with Crippen LogP contribution < -0.4 is 9.30 Å². The van der Waals surface area contributed by atoms with E-state index in [9.17, 15) is 0 Å². The third-order valence-corrected chi connectivity index (χ3v) is 13.5. The van der Waals surface area contributed by atoms with Crippen LogP contribution in [-0.4, -0.2) is 14.1 Å². The van der Waals surface area contributed by atoms with Crippen LogP contribution in [0.1, 0.15) is 52.7 Å². The lowest BCUT2D eigenvalue weighted by molar-refractivity contribution is -0.571. The first-order valence-corrected chi connectivity index (χ1v) is 23.2. The van der Waals surface area contributed by atoms with Crippen LogP contribution in [0.3, 0.4) is 0 Å². The van der Waals surface area contributed by atoms with Gasteiger partial charge in [-0.15, -0.1) is 0 Å². The molecule has 1 aliphatic rings. The van der Waals surface area contributed by atoms with Crippen LogP contribution >= 0.6 is 0 Å². The van der Waals surface area contributed by atoms with Gasteiger partial charge in [-0.05, 0) is 115 Å². The lowest BCUT2D eigenvalue weighted by Crippen LogP contribution is -2.30. The smallest absolute Gasteiger partial charge is 0.269 e. The molecule has 4 heterocycles. The number of benzene rings is 8. The number of imidazole rings is 1. The van der Waals surface area contributed by atoms with Crippen LogP contribution in [0.5, 0.6) is 11.5 Å². The highest BCUT2D eigenvalue weighted by molar-refractivity contribution is 6.10. The van der Waals surface area contributed by atoms with Gasteiger partial charge in [-0.3, -0.25) is 13.7 Å². The summed E-state index contributed by atoms with van der Waals surface area (Å²) < 4.78 is 13.6. The van der Waals surface area contributed by atoms with Gasteiger partial charge in [0.25, 0.3) is 6.33 Å². The molecule has 0 saturated heterocycles. The fourth-order valence-electron chi connectivity index (χ4n) is 10.1. The van der Waals surface area contributed by atoms with E-state index in [0.717, 1.165) is 83.8 Å². The number of fused-ring (bicyclic) bond motifs is 10. The van der Waals surface area contributed by atoms with Crippen molar-refractivity contribution in [3.05, 3.63) is 212 Å². The van der Waals surface area contributed by atoms with Crippen molar-refractivity contribution in [3.8, 4) is 73.2 Å². The zero-order chi connectivity index (χ0) is 45.6. The lowest BCUT2D eigenvalue weighted by Gasteiger charge is -2.26. The van der Waals surface area contributed by atoms with E-state index < -0.39 is 0 Å². The Hall–Kier alpha value is -8.02. The van der Waals surface area contributed by atoms with Gasteiger partial charge in [-0.2, -0.15) is 0 Å². The summed E-state index contributed by atoms with van der Waals surface area (Å²) in [5.74, 6) is 2.35. The second kappa shape index (κ2) is 15.3. The first-order valence-electron chi connectivity index (χ1n) is 23.2. The van der Waals surface area contributed by atoms with Crippen molar-refractivity contribution in [2.24, 2.45) is 0 Å². The fraction of sp³-hybridized carbons (Fsp3) is 0.129. The molecule has 0 atom stereocenters. The van der Waals surface area contributed by atoms with Crippen molar-refractivity contribution >= 4 is 32.8 Å². The third kappa shape index (κ3) is 6.76. The molecule has 0 spiro atoms. The number of pyridine rings is 1. The van der Waals surface area contributed by atoms with Crippen molar-refractivity contribution < 1.29 is 9.30 Å². The summed E-state index contributed by atoms with van der Waals surface area (Å²) in [7, 11) is 0. The Morgan fingerprint density at radius 1 is 0.463 bits per heavy atom. The number of nitrogens with zero attached hydrogens (tertiary/aromatic N) is 4. The fourth-order valence-corrected chi connectivity index (χ4v) is 10.1. The van der Waals surface area contributed by atoms with Gasteiger partial charge in [0.05, 0.1) is 33.4 Å². The molecule has 0 bridgehead atoms. The normalized spacial score (nSPS) is 12.3. The van der Waals surface area contributed by atoms with E-state index in [1.165, 1.54) is 33.4 Å². The Labute approximate surface area is 391 Å². The van der Waals surface area contributed by atoms with E-state index in [-0.39, 0.29) is 10.8 Å². The second-order valence-corrected chi connectivity index (χ2v) is 19.9. The van der Waals surface area contributed by atoms with Gasteiger partial charge in [0.15, 0.2) is 0 Å². The van der Waals surface area contributed by atoms with Crippen molar-refractivity contribution in [3.63, 3.8) is 0 Å². The number of ether oxygens (including phenoxy) is 1. The molecule has 5 nitrogen and oxygen atoms in total. The average molecular weight is 867 g/mol. The van der Waals surface area contributed by atoms with E-state index in [4.69, 9.17) is 9.72 Å². The SMILES string of the molecule is CC(C)(C)c1cc(-c2cccnc2-n2c3ccccc3c3ccc(Oc4cccc(-n5[c-][n+]6c7c(cccc75)-c5ccccc5-c5ccccc5-c5ccccc5-6)c4)cc32)cc(C(C)(C)C)c1. The Balaban J connectivity index is 0.988. The molecular formula is C62H50N4O. The summed E-state index contributed by atoms with van der Waals surface area (Å²) in [6.07, 6.45) is 5.73. The van der Waals surface area contributed by atoms with Crippen molar-refractivity contribution in [1.29, 1.82) is 0 Å². The van der Waals surface area contributed by atoms with Crippen LogP contribution in [0.15, 0.2) is 194 Å². The molecule has 0 N–H and O–H groups in total. The largest absolute Gasteiger partial charge is 0.458 e. The molecule has 0 aliphatic carbocycles. The van der Waals surface area contributed by atoms with Gasteiger partial charge in [-0.1, -0.05) is 169 Å². The Morgan fingerprint density at radius 2 is 1.03 bits per heavy atom. The van der Waals surface area contributed by atoms with Crippen molar-refractivity contribution in [2.45, 2.75) is 52.4 Å². The summed E-state index contributed by atoms with van der Waals surface area (Å²) in [6.45, 7) is 13.7. The van der Waals surface area contributed by atoms with Crippen LogP contribution in [0.4, 0.5) is 0 Å². The summed E-state index contributed by atoms with van der Waals surface area (Å²) in [6, 6.07) is 67.5. The van der Waals surface area contributed by atoms with E-state index in [0.29, 0.717) is 0 Å². The molecular weight excluding hydrogens is 817 g/mol. The summed E-state index contributed by atoms with van der Waals surface area (Å²) in [5.41, 5.74) is 18.2. The van der Waals surface area contributed by atoms with Crippen molar-refractivity contribution in [1.82, 2.24) is 14.1 Å². The van der Waals surface area contributed by atoms with Crippen LogP contribution in [-0.2, 0) is 10.8 Å². The van der Waals surface area contributed by atoms with Crippen LogP contribution in [0.2, 0.25) is 0 Å². The molecule has 0 amide bonds. The molecule has 8 aromatic carbocycles. The minimum Gasteiger partial charge on any atom is -0.458 e. The molecule has 67 heavy (non-hydrogen) atoms.